The maximum Gasteiger partial charge on any atom is 0.223 e. The summed E-state index contributed by atoms with van der Waals surface area (Å²) in [7, 11) is -3.39. The maximum absolute atomic E-state index is 13.0. The third-order valence-electron chi connectivity index (χ3n) is 6.26. The summed E-state index contributed by atoms with van der Waals surface area (Å²) in [5.74, 6) is 0.823. The number of fused-ring (bicyclic) bond motifs is 7. The molecule has 0 aromatic heterocycles. The molecule has 4 heterocycles. The number of carbonyl (C=O) groups excluding carboxylic acids is 1. The second kappa shape index (κ2) is 9.85. The van der Waals surface area contributed by atoms with Crippen LogP contribution in [0.2, 0.25) is 0 Å². The Bertz CT molecular complexity index is 869. The summed E-state index contributed by atoms with van der Waals surface area (Å²) in [6.07, 6.45) is 5.10. The van der Waals surface area contributed by atoms with E-state index in [1.165, 1.54) is 0 Å². The minimum absolute atomic E-state index is 0.0147. The van der Waals surface area contributed by atoms with Crippen molar-refractivity contribution in [1.29, 1.82) is 0 Å². The van der Waals surface area contributed by atoms with Gasteiger partial charge in [-0.1, -0.05) is 18.2 Å². The molecule has 172 valence electrons. The second-order valence-corrected chi connectivity index (χ2v) is 10.4. The molecule has 1 aromatic carbocycles. The van der Waals surface area contributed by atoms with Gasteiger partial charge in [0.2, 0.25) is 15.9 Å². The van der Waals surface area contributed by atoms with Gasteiger partial charge >= 0.3 is 0 Å². The van der Waals surface area contributed by atoms with Crippen LogP contribution in [-0.2, 0) is 24.3 Å². The summed E-state index contributed by atoms with van der Waals surface area (Å²) in [4.78, 5) is 14.8. The summed E-state index contributed by atoms with van der Waals surface area (Å²) in [5, 5.41) is 0. The molecule has 0 aliphatic carbocycles. The van der Waals surface area contributed by atoms with Gasteiger partial charge in [0.1, 0.15) is 5.75 Å². The number of nitrogens with one attached hydrogen (secondary N) is 1. The first kappa shape index (κ1) is 22.5. The fourth-order valence-corrected chi connectivity index (χ4v) is 5.58. The number of piperidine rings is 1. The highest BCUT2D eigenvalue weighted by atomic mass is 32.2. The number of benzene rings is 1. The van der Waals surface area contributed by atoms with Crippen LogP contribution in [0.15, 0.2) is 24.3 Å². The molecule has 2 bridgehead atoms. The van der Waals surface area contributed by atoms with Crippen LogP contribution < -0.4 is 9.46 Å². The molecule has 2 unspecified atom stereocenters. The van der Waals surface area contributed by atoms with Crippen LogP contribution >= 0.6 is 0 Å². The minimum Gasteiger partial charge on any atom is -0.493 e. The number of sulfonamides is 1. The minimum atomic E-state index is -3.39. The van der Waals surface area contributed by atoms with Gasteiger partial charge in [-0.2, -0.15) is 0 Å². The van der Waals surface area contributed by atoms with Crippen molar-refractivity contribution in [1.82, 2.24) is 9.62 Å². The van der Waals surface area contributed by atoms with Crippen molar-refractivity contribution in [3.05, 3.63) is 29.8 Å². The van der Waals surface area contributed by atoms with Crippen molar-refractivity contribution in [2.75, 3.05) is 32.6 Å². The van der Waals surface area contributed by atoms with Crippen LogP contribution in [0.25, 0.3) is 0 Å². The number of carbonyl (C=O) groups is 1. The number of rotatable bonds is 2. The molecule has 0 saturated carbocycles. The molecule has 2 saturated heterocycles. The highest BCUT2D eigenvalue weighted by Crippen LogP contribution is 2.35. The van der Waals surface area contributed by atoms with Gasteiger partial charge in [0.05, 0.1) is 44.3 Å². The lowest BCUT2D eigenvalue weighted by Crippen LogP contribution is -2.59. The van der Waals surface area contributed by atoms with Crippen molar-refractivity contribution in [2.45, 2.75) is 62.8 Å². The lowest BCUT2D eigenvalue weighted by molar-refractivity contribution is -0.141. The quantitative estimate of drug-likeness (QED) is 0.738. The number of amides is 1. The van der Waals surface area contributed by atoms with E-state index in [2.05, 4.69) is 4.72 Å². The first-order valence-electron chi connectivity index (χ1n) is 11.1. The first-order chi connectivity index (χ1) is 14.9. The van der Waals surface area contributed by atoms with E-state index in [0.717, 1.165) is 36.8 Å². The molecule has 2 fully saturated rings. The predicted octanol–water partition coefficient (Wildman–Crippen LogP) is 2.00. The van der Waals surface area contributed by atoms with Crippen LogP contribution in [0.5, 0.6) is 5.75 Å². The SMILES string of the molecule is CS(=O)(=O)N[C@H]1CCCN2C(=O)CCCOc3ccccc3C3CC[C@@H](CO3)OCC12. The van der Waals surface area contributed by atoms with Gasteiger partial charge in [-0.15, -0.1) is 0 Å². The van der Waals surface area contributed by atoms with Crippen molar-refractivity contribution in [2.24, 2.45) is 0 Å². The molecule has 4 aliphatic rings. The third kappa shape index (κ3) is 5.77. The van der Waals surface area contributed by atoms with Crippen molar-refractivity contribution >= 4 is 15.9 Å². The van der Waals surface area contributed by atoms with Gasteiger partial charge in [0.25, 0.3) is 0 Å². The number of hydrogen-bond acceptors (Lipinski definition) is 6. The van der Waals surface area contributed by atoms with E-state index in [4.69, 9.17) is 14.2 Å². The highest BCUT2D eigenvalue weighted by molar-refractivity contribution is 7.88. The van der Waals surface area contributed by atoms with Crippen LogP contribution in [0.4, 0.5) is 0 Å². The number of para-hydroxylation sites is 1. The summed E-state index contributed by atoms with van der Waals surface area (Å²) >= 11 is 0. The number of hydrogen-bond donors (Lipinski definition) is 1. The summed E-state index contributed by atoms with van der Waals surface area (Å²) < 4.78 is 44.8. The normalized spacial score (nSPS) is 30.5. The van der Waals surface area contributed by atoms with Crippen LogP contribution in [0.3, 0.4) is 0 Å². The van der Waals surface area contributed by atoms with Gasteiger partial charge in [-0.25, -0.2) is 13.1 Å². The summed E-state index contributed by atoms with van der Waals surface area (Å²) in [6.45, 7) is 1.81. The van der Waals surface area contributed by atoms with E-state index in [1.807, 2.05) is 24.3 Å². The zero-order valence-electron chi connectivity index (χ0n) is 18.0. The molecule has 0 radical (unpaired) electrons. The van der Waals surface area contributed by atoms with E-state index in [1.54, 1.807) is 4.90 Å². The van der Waals surface area contributed by atoms with Gasteiger partial charge in [0, 0.05) is 24.6 Å². The first-order valence-corrected chi connectivity index (χ1v) is 13.0. The fraction of sp³-hybridized carbons (Fsp3) is 0.682. The fourth-order valence-electron chi connectivity index (χ4n) is 4.75. The zero-order valence-corrected chi connectivity index (χ0v) is 18.8. The smallest absolute Gasteiger partial charge is 0.223 e. The Morgan fingerprint density at radius 1 is 1.06 bits per heavy atom. The monoisotopic (exact) mass is 452 g/mol. The zero-order chi connectivity index (χ0) is 21.8. The average molecular weight is 453 g/mol. The summed E-state index contributed by atoms with van der Waals surface area (Å²) in [6, 6.07) is 7.24. The predicted molar refractivity (Wildman–Crippen MR) is 115 cm³/mol. The molecule has 31 heavy (non-hydrogen) atoms. The Balaban J connectivity index is 1.54. The van der Waals surface area contributed by atoms with Crippen molar-refractivity contribution in [3.63, 3.8) is 0 Å². The van der Waals surface area contributed by atoms with Crippen LogP contribution in [0, 0.1) is 0 Å². The van der Waals surface area contributed by atoms with E-state index in [-0.39, 0.29) is 30.2 Å². The Hall–Kier alpha value is -1.68. The van der Waals surface area contributed by atoms with Gasteiger partial charge < -0.3 is 19.1 Å². The molecule has 4 aliphatic heterocycles. The number of nitrogens with zero attached hydrogens (tertiary/aromatic N) is 1. The molecular formula is C22H32N2O6S. The molecule has 5 rings (SSSR count). The Morgan fingerprint density at radius 3 is 2.68 bits per heavy atom. The molecule has 1 aromatic rings. The van der Waals surface area contributed by atoms with E-state index >= 15 is 0 Å². The molecule has 1 N–H and O–H groups in total. The highest BCUT2D eigenvalue weighted by Gasteiger charge is 2.37. The molecule has 8 nitrogen and oxygen atoms in total. The third-order valence-corrected chi connectivity index (χ3v) is 6.99. The van der Waals surface area contributed by atoms with Crippen molar-refractivity contribution < 1.29 is 27.4 Å². The largest absolute Gasteiger partial charge is 0.493 e. The Labute approximate surface area is 184 Å². The molecule has 4 atom stereocenters. The van der Waals surface area contributed by atoms with E-state index < -0.39 is 10.0 Å². The van der Waals surface area contributed by atoms with Crippen LogP contribution in [0.1, 0.15) is 50.2 Å². The van der Waals surface area contributed by atoms with Crippen molar-refractivity contribution in [3.8, 4) is 5.75 Å². The van der Waals surface area contributed by atoms with E-state index in [0.29, 0.717) is 45.6 Å². The van der Waals surface area contributed by atoms with Crippen LogP contribution in [-0.4, -0.2) is 70.0 Å². The molecule has 1 amide bonds. The molecule has 0 spiro atoms. The maximum atomic E-state index is 13.0. The van der Waals surface area contributed by atoms with E-state index in [9.17, 15) is 13.2 Å². The van der Waals surface area contributed by atoms with Gasteiger partial charge in [-0.3, -0.25) is 4.79 Å². The lowest BCUT2D eigenvalue weighted by Gasteiger charge is -2.42. The number of ether oxygens (including phenoxy) is 3. The molecule has 9 heteroatoms. The average Bonchev–Trinajstić information content (AvgIpc) is 2.75. The summed E-state index contributed by atoms with van der Waals surface area (Å²) in [5.41, 5.74) is 1.04. The Morgan fingerprint density at radius 2 is 1.90 bits per heavy atom. The second-order valence-electron chi connectivity index (χ2n) is 8.64. The Kier molecular flexibility index (Phi) is 7.15. The standard InChI is InChI=1S/C22H32N2O6S/c1-31(26,27)23-18-7-4-12-24-19(18)15-29-16-10-11-21(30-14-16)17-6-2-3-8-20(17)28-13-5-9-22(24)25/h2-3,6,8,16,18-19,21,23H,4-5,7,9-15H2,1H3/t16-,18-,19?,21?/m0/s1. The topological polar surface area (TPSA) is 94.2 Å². The van der Waals surface area contributed by atoms with Gasteiger partial charge in [-0.05, 0) is 38.2 Å². The molecular weight excluding hydrogens is 420 g/mol. The lowest BCUT2D eigenvalue weighted by atomic mass is 9.96. The van der Waals surface area contributed by atoms with Gasteiger partial charge in [0.15, 0.2) is 0 Å².